The summed E-state index contributed by atoms with van der Waals surface area (Å²) in [6.45, 7) is 3.90. The molecule has 9 aromatic rings. The molecule has 0 aliphatic heterocycles. The first-order valence-corrected chi connectivity index (χ1v) is 17.5. The highest BCUT2D eigenvalue weighted by Gasteiger charge is 2.19. The zero-order valence-corrected chi connectivity index (χ0v) is 28.5. The summed E-state index contributed by atoms with van der Waals surface area (Å²) in [4.78, 5) is 15.1. The topological polar surface area (TPSA) is 43.6 Å². The molecule has 0 spiro atoms. The van der Waals surface area contributed by atoms with Crippen molar-refractivity contribution in [1.29, 1.82) is 0 Å². The average Bonchev–Trinajstić information content (AvgIpc) is 3.55. The molecular formula is C48H34N4. The number of allylic oxidation sites excluding steroid dienone is 1. The Labute approximate surface area is 303 Å². The number of rotatable bonds is 8. The van der Waals surface area contributed by atoms with Gasteiger partial charge >= 0.3 is 0 Å². The summed E-state index contributed by atoms with van der Waals surface area (Å²) >= 11 is 0. The number of hydrogen-bond donors (Lipinski definition) is 0. The van der Waals surface area contributed by atoms with Gasteiger partial charge in [0.2, 0.25) is 0 Å². The monoisotopic (exact) mass is 666 g/mol. The highest BCUT2D eigenvalue weighted by molar-refractivity contribution is 6.11. The molecule has 2 heterocycles. The number of aromatic nitrogens is 4. The maximum absolute atomic E-state index is 5.08. The van der Waals surface area contributed by atoms with E-state index in [0.29, 0.717) is 17.5 Å². The van der Waals surface area contributed by atoms with Gasteiger partial charge < -0.3 is 4.57 Å². The Morgan fingerprint density at radius 1 is 0.423 bits per heavy atom. The van der Waals surface area contributed by atoms with Crippen molar-refractivity contribution in [1.82, 2.24) is 19.5 Å². The molecule has 0 aliphatic carbocycles. The van der Waals surface area contributed by atoms with E-state index in [1.807, 2.05) is 66.7 Å². The first-order chi connectivity index (χ1) is 25.7. The third-order valence-electron chi connectivity index (χ3n) is 9.64. The predicted octanol–water partition coefficient (Wildman–Crippen LogP) is 12.0. The Hall–Kier alpha value is -6.91. The number of hydrogen-bond acceptors (Lipinski definition) is 3. The fourth-order valence-corrected chi connectivity index (χ4v) is 7.18. The highest BCUT2D eigenvalue weighted by atomic mass is 15.0. The van der Waals surface area contributed by atoms with Gasteiger partial charge in [0.15, 0.2) is 17.5 Å². The summed E-state index contributed by atoms with van der Waals surface area (Å²) in [7, 11) is 0. The van der Waals surface area contributed by atoms with Crippen molar-refractivity contribution in [3.8, 4) is 62.1 Å². The van der Waals surface area contributed by atoms with Crippen LogP contribution in [-0.2, 0) is 6.42 Å². The van der Waals surface area contributed by atoms with Crippen molar-refractivity contribution in [2.75, 3.05) is 0 Å². The summed E-state index contributed by atoms with van der Waals surface area (Å²) < 4.78 is 2.36. The third-order valence-corrected chi connectivity index (χ3v) is 9.64. The van der Waals surface area contributed by atoms with E-state index in [9.17, 15) is 0 Å². The van der Waals surface area contributed by atoms with Crippen molar-refractivity contribution in [2.45, 2.75) is 6.42 Å². The summed E-state index contributed by atoms with van der Waals surface area (Å²) in [6, 6.07) is 61.6. The van der Waals surface area contributed by atoms with Crippen molar-refractivity contribution in [3.05, 3.63) is 194 Å². The smallest absolute Gasteiger partial charge is 0.164 e. The lowest BCUT2D eigenvalue weighted by atomic mass is 9.91. The predicted molar refractivity (Wildman–Crippen MR) is 215 cm³/mol. The van der Waals surface area contributed by atoms with Crippen LogP contribution in [0.5, 0.6) is 0 Å². The molecule has 0 radical (unpaired) electrons. The Morgan fingerprint density at radius 2 is 0.942 bits per heavy atom. The van der Waals surface area contributed by atoms with E-state index in [1.54, 1.807) is 0 Å². The Balaban J connectivity index is 1.20. The Bertz CT molecular complexity index is 2650. The molecule has 0 fully saturated rings. The Kier molecular flexibility index (Phi) is 8.03. The molecule has 0 unspecified atom stereocenters. The van der Waals surface area contributed by atoms with Gasteiger partial charge in [0.05, 0.1) is 11.0 Å². The van der Waals surface area contributed by atoms with Crippen molar-refractivity contribution >= 4 is 21.8 Å². The fourth-order valence-electron chi connectivity index (χ4n) is 7.18. The van der Waals surface area contributed by atoms with Gasteiger partial charge in [-0.3, -0.25) is 0 Å². The van der Waals surface area contributed by atoms with Crippen molar-refractivity contribution < 1.29 is 0 Å². The second-order valence-corrected chi connectivity index (χ2v) is 12.9. The van der Waals surface area contributed by atoms with Crippen molar-refractivity contribution in [3.63, 3.8) is 0 Å². The maximum atomic E-state index is 5.08. The minimum Gasteiger partial charge on any atom is -0.309 e. The number of para-hydroxylation sites is 1. The van der Waals surface area contributed by atoms with Crippen LogP contribution in [0.1, 0.15) is 5.56 Å². The van der Waals surface area contributed by atoms with Gasteiger partial charge in [0.1, 0.15) is 0 Å². The Morgan fingerprint density at radius 3 is 1.60 bits per heavy atom. The summed E-state index contributed by atoms with van der Waals surface area (Å²) in [5.74, 6) is 1.92. The van der Waals surface area contributed by atoms with Gasteiger partial charge in [0.25, 0.3) is 0 Å². The first-order valence-electron chi connectivity index (χ1n) is 17.5. The lowest BCUT2D eigenvalue weighted by Crippen LogP contribution is -2.01. The van der Waals surface area contributed by atoms with Crippen LogP contribution in [0.3, 0.4) is 0 Å². The molecule has 0 aliphatic rings. The summed E-state index contributed by atoms with van der Waals surface area (Å²) in [5.41, 5.74) is 12.1. The van der Waals surface area contributed by atoms with Gasteiger partial charge in [-0.1, -0.05) is 152 Å². The molecule has 0 saturated heterocycles. The molecular weight excluding hydrogens is 633 g/mol. The molecule has 4 heteroatoms. The molecule has 52 heavy (non-hydrogen) atoms. The van der Waals surface area contributed by atoms with Crippen LogP contribution < -0.4 is 0 Å². The zero-order valence-electron chi connectivity index (χ0n) is 28.5. The molecule has 7 aromatic carbocycles. The van der Waals surface area contributed by atoms with Crippen LogP contribution in [0.25, 0.3) is 83.9 Å². The maximum Gasteiger partial charge on any atom is 0.164 e. The van der Waals surface area contributed by atoms with Crippen LogP contribution in [0.2, 0.25) is 0 Å². The fraction of sp³-hybridized carbons (Fsp3) is 0.0208. The molecule has 0 bridgehead atoms. The zero-order chi connectivity index (χ0) is 34.9. The standard InChI is InChI=1S/C48H34N4/c1-2-15-33-26-29-37(30-27-33)52-44-25-14-13-23-41(44)43-32-36(28-31-45(43)52)38-20-9-10-21-39(38)40-22-11-12-24-42(40)48-50-46(34-16-5-3-6-17-34)49-47(51-48)35-18-7-4-8-19-35/h2-14,16-32H,1,15H2. The minimum absolute atomic E-state index is 0.635. The van der Waals surface area contributed by atoms with E-state index in [4.69, 9.17) is 15.0 Å². The normalized spacial score (nSPS) is 11.2. The molecule has 2 aromatic heterocycles. The van der Waals surface area contributed by atoms with Crippen LogP contribution in [0.15, 0.2) is 189 Å². The number of nitrogens with zero attached hydrogens (tertiary/aromatic N) is 4. The molecule has 246 valence electrons. The molecule has 0 amide bonds. The SMILES string of the molecule is C=CCc1ccc(-n2c3ccccc3c3cc(-c4ccccc4-c4ccccc4-c4nc(-c5ccccc5)nc(-c5ccccc5)n4)ccc32)cc1. The van der Waals surface area contributed by atoms with Gasteiger partial charge in [-0.15, -0.1) is 6.58 Å². The molecule has 0 atom stereocenters. The van der Waals surface area contributed by atoms with E-state index < -0.39 is 0 Å². The van der Waals surface area contributed by atoms with E-state index in [-0.39, 0.29) is 0 Å². The average molecular weight is 667 g/mol. The lowest BCUT2D eigenvalue weighted by molar-refractivity contribution is 1.07. The van der Waals surface area contributed by atoms with Crippen LogP contribution in [0, 0.1) is 0 Å². The molecule has 0 saturated carbocycles. The second kappa shape index (κ2) is 13.4. The second-order valence-electron chi connectivity index (χ2n) is 12.9. The highest BCUT2D eigenvalue weighted by Crippen LogP contribution is 2.40. The summed E-state index contributed by atoms with van der Waals surface area (Å²) in [5, 5.41) is 2.43. The van der Waals surface area contributed by atoms with Gasteiger partial charge in [0, 0.05) is 33.2 Å². The minimum atomic E-state index is 0.635. The van der Waals surface area contributed by atoms with Gasteiger partial charge in [-0.05, 0) is 64.6 Å². The van der Waals surface area contributed by atoms with Crippen LogP contribution in [-0.4, -0.2) is 19.5 Å². The molecule has 4 nitrogen and oxygen atoms in total. The molecule has 0 N–H and O–H groups in total. The van der Waals surface area contributed by atoms with Crippen molar-refractivity contribution in [2.24, 2.45) is 0 Å². The quantitative estimate of drug-likeness (QED) is 0.152. The van der Waals surface area contributed by atoms with E-state index in [2.05, 4.69) is 126 Å². The molecule has 9 rings (SSSR count). The summed E-state index contributed by atoms with van der Waals surface area (Å²) in [6.07, 6.45) is 2.80. The first kappa shape index (κ1) is 31.1. The third kappa shape index (κ3) is 5.66. The van der Waals surface area contributed by atoms with E-state index in [1.165, 1.54) is 27.4 Å². The lowest BCUT2D eigenvalue weighted by Gasteiger charge is -2.15. The van der Waals surface area contributed by atoms with E-state index >= 15 is 0 Å². The van der Waals surface area contributed by atoms with Gasteiger partial charge in [-0.25, -0.2) is 15.0 Å². The van der Waals surface area contributed by atoms with Gasteiger partial charge in [-0.2, -0.15) is 0 Å². The largest absolute Gasteiger partial charge is 0.309 e. The van der Waals surface area contributed by atoms with Crippen LogP contribution >= 0.6 is 0 Å². The number of benzene rings is 7. The van der Waals surface area contributed by atoms with E-state index in [0.717, 1.165) is 51.1 Å². The number of fused-ring (bicyclic) bond motifs is 3. The van der Waals surface area contributed by atoms with Crippen LogP contribution in [0.4, 0.5) is 0 Å².